The first-order valence-corrected chi connectivity index (χ1v) is 7.56. The number of aromatic nitrogens is 2. The molecule has 112 valence electrons. The van der Waals surface area contributed by atoms with Gasteiger partial charge in [0.1, 0.15) is 11.9 Å². The molecule has 2 heterocycles. The molecule has 4 rings (SSSR count). The van der Waals surface area contributed by atoms with Crippen molar-refractivity contribution >= 4 is 6.02 Å². The number of benzene rings is 1. The lowest BCUT2D eigenvalue weighted by atomic mass is 9.75. The molecule has 1 aliphatic heterocycles. The van der Waals surface area contributed by atoms with Gasteiger partial charge in [0.25, 0.3) is 6.02 Å². The molecule has 2 aliphatic rings. The van der Waals surface area contributed by atoms with Gasteiger partial charge in [0, 0.05) is 24.4 Å². The molecule has 0 amide bonds. The fourth-order valence-corrected chi connectivity index (χ4v) is 3.62. The summed E-state index contributed by atoms with van der Waals surface area (Å²) in [5, 5.41) is 0. The molecular weight excluding hydrogens is 276 g/mol. The van der Waals surface area contributed by atoms with Crippen LogP contribution in [0.25, 0.3) is 11.1 Å². The number of amidine groups is 1. The maximum Gasteiger partial charge on any atom is 0.282 e. The topological polar surface area (TPSA) is 73.4 Å². The van der Waals surface area contributed by atoms with Crippen LogP contribution in [0.4, 0.5) is 0 Å². The third kappa shape index (κ3) is 1.96. The van der Waals surface area contributed by atoms with E-state index in [1.54, 1.807) is 6.33 Å². The molecule has 22 heavy (non-hydrogen) atoms. The number of nitrogens with zero attached hydrogens (tertiary/aromatic N) is 3. The van der Waals surface area contributed by atoms with Gasteiger partial charge in [-0.25, -0.2) is 15.0 Å². The molecule has 1 aromatic heterocycles. The second kappa shape index (κ2) is 4.80. The largest absolute Gasteiger partial charge is 0.456 e. The smallest absolute Gasteiger partial charge is 0.282 e. The number of rotatable bonds is 1. The highest BCUT2D eigenvalue weighted by atomic mass is 16.5. The van der Waals surface area contributed by atoms with Crippen molar-refractivity contribution in [3.8, 4) is 11.1 Å². The molecule has 2 N–H and O–H groups in total. The van der Waals surface area contributed by atoms with E-state index in [1.165, 1.54) is 16.7 Å². The summed E-state index contributed by atoms with van der Waals surface area (Å²) >= 11 is 0. The molecule has 0 saturated heterocycles. The number of hydrogen-bond acceptors (Lipinski definition) is 5. The molecule has 0 bridgehead atoms. The van der Waals surface area contributed by atoms with Gasteiger partial charge < -0.3 is 10.5 Å². The van der Waals surface area contributed by atoms with Crippen LogP contribution in [0.5, 0.6) is 0 Å². The van der Waals surface area contributed by atoms with Gasteiger partial charge in [-0.3, -0.25) is 0 Å². The Morgan fingerprint density at radius 2 is 2.09 bits per heavy atom. The van der Waals surface area contributed by atoms with E-state index in [4.69, 9.17) is 10.5 Å². The van der Waals surface area contributed by atoms with Gasteiger partial charge in [-0.2, -0.15) is 0 Å². The first-order valence-electron chi connectivity index (χ1n) is 7.56. The number of fused-ring (bicyclic) bond motifs is 1. The van der Waals surface area contributed by atoms with Crippen LogP contribution in [-0.4, -0.2) is 27.6 Å². The van der Waals surface area contributed by atoms with Crippen LogP contribution in [0, 0.1) is 0 Å². The van der Waals surface area contributed by atoms with Crippen LogP contribution in [0.3, 0.4) is 0 Å². The number of ether oxygens (including phenoxy) is 1. The lowest BCUT2D eigenvalue weighted by Gasteiger charge is -2.37. The van der Waals surface area contributed by atoms with E-state index >= 15 is 0 Å². The molecule has 0 unspecified atom stereocenters. The van der Waals surface area contributed by atoms with Crippen molar-refractivity contribution in [1.29, 1.82) is 0 Å². The molecular formula is C17H18N4O. The first kappa shape index (κ1) is 13.2. The van der Waals surface area contributed by atoms with Crippen LogP contribution < -0.4 is 5.73 Å². The van der Waals surface area contributed by atoms with Crippen molar-refractivity contribution in [3.63, 3.8) is 0 Å². The third-order valence-corrected chi connectivity index (χ3v) is 4.82. The van der Waals surface area contributed by atoms with Gasteiger partial charge in [-0.05, 0) is 36.5 Å². The fraction of sp³-hybridized carbons (Fsp3) is 0.353. The van der Waals surface area contributed by atoms with Crippen molar-refractivity contribution < 1.29 is 4.74 Å². The van der Waals surface area contributed by atoms with Gasteiger partial charge in [0.2, 0.25) is 0 Å². The van der Waals surface area contributed by atoms with Crippen LogP contribution in [-0.2, 0) is 17.6 Å². The van der Waals surface area contributed by atoms with Crippen LogP contribution in [0.1, 0.15) is 24.5 Å². The van der Waals surface area contributed by atoms with Gasteiger partial charge in [0.05, 0.1) is 6.04 Å². The van der Waals surface area contributed by atoms with Crippen molar-refractivity contribution in [2.75, 3.05) is 0 Å². The molecule has 5 nitrogen and oxygen atoms in total. The Hall–Kier alpha value is -2.43. The number of aliphatic imine (C=N–C) groups is 1. The Kier molecular flexibility index (Phi) is 2.89. The summed E-state index contributed by atoms with van der Waals surface area (Å²) in [6, 6.07) is 6.82. The van der Waals surface area contributed by atoms with E-state index in [1.807, 2.05) is 12.4 Å². The summed E-state index contributed by atoms with van der Waals surface area (Å²) in [7, 11) is 0. The second-order valence-corrected chi connectivity index (χ2v) is 6.06. The predicted molar refractivity (Wildman–Crippen MR) is 84.4 cm³/mol. The van der Waals surface area contributed by atoms with Gasteiger partial charge in [-0.15, -0.1) is 0 Å². The molecule has 1 spiro atoms. The van der Waals surface area contributed by atoms with Gasteiger partial charge in [0.15, 0.2) is 0 Å². The fourth-order valence-electron chi connectivity index (χ4n) is 3.62. The summed E-state index contributed by atoms with van der Waals surface area (Å²) < 4.78 is 5.91. The van der Waals surface area contributed by atoms with Crippen molar-refractivity contribution in [1.82, 2.24) is 9.97 Å². The highest BCUT2D eigenvalue weighted by Crippen LogP contribution is 2.41. The zero-order valence-corrected chi connectivity index (χ0v) is 12.5. The minimum atomic E-state index is -0.275. The summed E-state index contributed by atoms with van der Waals surface area (Å²) in [5.74, 6) is 0. The first-order chi connectivity index (χ1) is 10.7. The standard InChI is InChI=1S/C17H18N4O/c1-11-17(22-16(18)21-11)6-5-15-12(7-17)3-2-4-14(15)13-8-19-10-20-9-13/h2-4,8-11H,5-7H2,1H3,(H2,18,21)/t11-,17-/m1/s1. The quantitative estimate of drug-likeness (QED) is 0.874. The Morgan fingerprint density at radius 1 is 1.27 bits per heavy atom. The second-order valence-electron chi connectivity index (χ2n) is 6.06. The van der Waals surface area contributed by atoms with E-state index in [9.17, 15) is 0 Å². The Labute approximate surface area is 129 Å². The average Bonchev–Trinajstić information content (AvgIpc) is 2.80. The highest BCUT2D eigenvalue weighted by molar-refractivity contribution is 5.75. The molecule has 0 saturated carbocycles. The molecule has 0 fully saturated rings. The zero-order valence-electron chi connectivity index (χ0n) is 12.5. The van der Waals surface area contributed by atoms with E-state index in [0.29, 0.717) is 6.02 Å². The predicted octanol–water partition coefficient (Wildman–Crippen LogP) is 2.10. The van der Waals surface area contributed by atoms with Crippen molar-refractivity contribution in [2.24, 2.45) is 10.7 Å². The van der Waals surface area contributed by atoms with Gasteiger partial charge >= 0.3 is 0 Å². The minimum absolute atomic E-state index is 0.101. The molecule has 0 radical (unpaired) electrons. The minimum Gasteiger partial charge on any atom is -0.456 e. The van der Waals surface area contributed by atoms with Crippen LogP contribution in [0.2, 0.25) is 0 Å². The molecule has 2 atom stereocenters. The Bertz CT molecular complexity index is 744. The van der Waals surface area contributed by atoms with Crippen LogP contribution >= 0.6 is 0 Å². The zero-order chi connectivity index (χ0) is 15.2. The number of nitrogens with two attached hydrogens (primary N) is 1. The van der Waals surface area contributed by atoms with E-state index < -0.39 is 0 Å². The Morgan fingerprint density at radius 3 is 2.82 bits per heavy atom. The normalized spacial score (nSPS) is 26.4. The van der Waals surface area contributed by atoms with E-state index in [0.717, 1.165) is 24.8 Å². The van der Waals surface area contributed by atoms with E-state index in [-0.39, 0.29) is 11.6 Å². The number of hydrogen-bond donors (Lipinski definition) is 1. The molecule has 5 heteroatoms. The van der Waals surface area contributed by atoms with E-state index in [2.05, 4.69) is 40.1 Å². The summed E-state index contributed by atoms with van der Waals surface area (Å²) in [6.07, 6.45) is 8.01. The highest BCUT2D eigenvalue weighted by Gasteiger charge is 2.46. The van der Waals surface area contributed by atoms with Crippen molar-refractivity contribution in [3.05, 3.63) is 48.0 Å². The maximum atomic E-state index is 5.91. The summed E-state index contributed by atoms with van der Waals surface area (Å²) in [5.41, 5.74) is 10.5. The van der Waals surface area contributed by atoms with Crippen LogP contribution in [0.15, 0.2) is 41.9 Å². The summed E-state index contributed by atoms with van der Waals surface area (Å²) in [4.78, 5) is 12.6. The molecule has 2 aromatic rings. The summed E-state index contributed by atoms with van der Waals surface area (Å²) in [6.45, 7) is 2.08. The van der Waals surface area contributed by atoms with Crippen molar-refractivity contribution in [2.45, 2.75) is 37.8 Å². The lowest BCUT2D eigenvalue weighted by Crippen LogP contribution is -2.45. The molecule has 1 aromatic carbocycles. The SMILES string of the molecule is C[C@H]1N=C(N)O[C@@]12CCc1c(cccc1-c1cncnc1)C2. The molecule has 1 aliphatic carbocycles. The maximum absolute atomic E-state index is 5.91. The third-order valence-electron chi connectivity index (χ3n) is 4.82. The Balaban J connectivity index is 1.74. The monoisotopic (exact) mass is 294 g/mol. The van der Waals surface area contributed by atoms with Gasteiger partial charge in [-0.1, -0.05) is 18.2 Å². The average molecular weight is 294 g/mol. The lowest BCUT2D eigenvalue weighted by molar-refractivity contribution is 0.0448.